The van der Waals surface area contributed by atoms with Gasteiger partial charge in [0.2, 0.25) is 5.95 Å². The Morgan fingerprint density at radius 2 is 1.80 bits per heavy atom. The molecule has 2 fully saturated rings. The quantitative estimate of drug-likeness (QED) is 0.252. The molecule has 0 bridgehead atoms. The Morgan fingerprint density at radius 1 is 1.00 bits per heavy atom. The largest absolute Gasteiger partial charge is 0.379 e. The summed E-state index contributed by atoms with van der Waals surface area (Å²) in [5, 5.41) is 7.45. The van der Waals surface area contributed by atoms with Gasteiger partial charge in [0, 0.05) is 88.8 Å². The highest BCUT2D eigenvalue weighted by Gasteiger charge is 2.25. The van der Waals surface area contributed by atoms with Crippen LogP contribution in [0.1, 0.15) is 23.6 Å². The van der Waals surface area contributed by atoms with Crippen molar-refractivity contribution in [2.24, 2.45) is 0 Å². The maximum atomic E-state index is 14.2. The maximum Gasteiger partial charge on any atom is 0.262 e. The van der Waals surface area contributed by atoms with Gasteiger partial charge in [-0.3, -0.25) is 23.5 Å². The van der Waals surface area contributed by atoms with Crippen LogP contribution in [-0.2, 0) is 14.3 Å². The van der Waals surface area contributed by atoms with Crippen molar-refractivity contribution in [3.05, 3.63) is 88.7 Å². The number of aromatic nitrogens is 5. The Balaban J connectivity index is 1.25. The van der Waals surface area contributed by atoms with E-state index in [4.69, 9.17) is 9.72 Å². The normalized spacial score (nSPS) is 18.0. The zero-order valence-corrected chi connectivity index (χ0v) is 26.7. The minimum atomic E-state index is -2.80. The summed E-state index contributed by atoms with van der Waals surface area (Å²) >= 11 is 0. The van der Waals surface area contributed by atoms with Gasteiger partial charge in [-0.05, 0) is 79.7 Å². The molecule has 0 saturated carbocycles. The molecule has 2 atom stereocenters. The van der Waals surface area contributed by atoms with Gasteiger partial charge in [0.25, 0.3) is 5.56 Å². The Hall–Kier alpha value is -4.65. The van der Waals surface area contributed by atoms with Crippen molar-refractivity contribution >= 4 is 43.7 Å². The zero-order chi connectivity index (χ0) is 31.8. The van der Waals surface area contributed by atoms with Crippen LogP contribution >= 0.6 is 0 Å². The summed E-state index contributed by atoms with van der Waals surface area (Å²) < 4.78 is 21.1. The van der Waals surface area contributed by atoms with Crippen molar-refractivity contribution in [3.8, 4) is 11.3 Å². The van der Waals surface area contributed by atoms with Crippen LogP contribution in [0.25, 0.3) is 22.3 Å². The predicted molar refractivity (Wildman–Crippen MR) is 182 cm³/mol. The molecule has 2 aliphatic heterocycles. The third kappa shape index (κ3) is 5.63. The van der Waals surface area contributed by atoms with Crippen LogP contribution in [0.3, 0.4) is 0 Å². The lowest BCUT2D eigenvalue weighted by molar-refractivity contribution is 0.186. The van der Waals surface area contributed by atoms with Gasteiger partial charge in [-0.15, -0.1) is 0 Å². The van der Waals surface area contributed by atoms with Gasteiger partial charge in [0.1, 0.15) is 5.65 Å². The first kappa shape index (κ1) is 30.0. The zero-order valence-electron chi connectivity index (χ0n) is 25.9. The summed E-state index contributed by atoms with van der Waals surface area (Å²) in [4.78, 5) is 35.8. The van der Waals surface area contributed by atoms with E-state index in [1.807, 2.05) is 13.0 Å². The summed E-state index contributed by atoms with van der Waals surface area (Å²) in [6, 6.07) is 13.1. The number of benzene rings is 1. The van der Waals surface area contributed by atoms with Gasteiger partial charge in [-0.2, -0.15) is 4.98 Å². The van der Waals surface area contributed by atoms with Crippen molar-refractivity contribution in [1.29, 1.82) is 0 Å². The summed E-state index contributed by atoms with van der Waals surface area (Å²) in [5.41, 5.74) is 5.23. The van der Waals surface area contributed by atoms with E-state index in [1.54, 1.807) is 53.6 Å². The van der Waals surface area contributed by atoms with Crippen molar-refractivity contribution in [1.82, 2.24) is 29.8 Å². The Kier molecular flexibility index (Phi) is 8.01. The van der Waals surface area contributed by atoms with Crippen LogP contribution in [0.2, 0.25) is 0 Å². The Bertz CT molecular complexity index is 2090. The number of fused-ring (bicyclic) bond motifs is 1. The third-order valence-electron chi connectivity index (χ3n) is 8.67. The molecular formula is C34H36N8O3S. The predicted octanol–water partition coefficient (Wildman–Crippen LogP) is 4.11. The van der Waals surface area contributed by atoms with E-state index in [0.29, 0.717) is 63.2 Å². The van der Waals surface area contributed by atoms with Gasteiger partial charge in [-0.1, -0.05) is 0 Å². The minimum Gasteiger partial charge on any atom is -0.379 e. The van der Waals surface area contributed by atoms with Gasteiger partial charge in [-0.25, -0.2) is 4.98 Å². The van der Waals surface area contributed by atoms with E-state index in [9.17, 15) is 9.00 Å². The molecule has 11 nitrogen and oxygen atoms in total. The summed E-state index contributed by atoms with van der Waals surface area (Å²) in [6.45, 7) is 8.87. The van der Waals surface area contributed by atoms with Crippen LogP contribution < -0.4 is 21.1 Å². The van der Waals surface area contributed by atoms with Crippen LogP contribution in [0.4, 0.5) is 17.3 Å². The average Bonchev–Trinajstić information content (AvgIpc) is 3.60. The monoisotopic (exact) mass is 636 g/mol. The molecule has 2 aliphatic rings. The SMILES string of the molecule is C=S(=O)(c1ccncc1)c1cnc(-c2cc3cnc(Nc4ccc(N5CCNCC5)c(C)c4)nc3n(C3CCOC3)c2=O)c(C)c1. The van der Waals surface area contributed by atoms with E-state index in [0.717, 1.165) is 31.9 Å². The first-order valence-corrected chi connectivity index (χ1v) is 17.1. The molecule has 46 heavy (non-hydrogen) atoms. The van der Waals surface area contributed by atoms with E-state index < -0.39 is 9.52 Å². The fourth-order valence-electron chi connectivity index (χ4n) is 6.24. The lowest BCUT2D eigenvalue weighted by Crippen LogP contribution is -2.43. The number of pyridine rings is 3. The number of nitrogens with one attached hydrogen (secondary N) is 2. The van der Waals surface area contributed by atoms with Gasteiger partial charge < -0.3 is 20.3 Å². The number of hydrogen-bond donors (Lipinski definition) is 2. The molecule has 7 rings (SSSR count). The van der Waals surface area contributed by atoms with E-state index >= 15 is 0 Å². The lowest BCUT2D eigenvalue weighted by Gasteiger charge is -2.30. The van der Waals surface area contributed by atoms with Crippen LogP contribution in [-0.4, -0.2) is 74.0 Å². The maximum absolute atomic E-state index is 14.2. The number of anilines is 3. The van der Waals surface area contributed by atoms with Gasteiger partial charge >= 0.3 is 0 Å². The molecule has 2 unspecified atom stereocenters. The smallest absolute Gasteiger partial charge is 0.262 e. The second-order valence-corrected chi connectivity index (χ2v) is 14.1. The third-order valence-corrected chi connectivity index (χ3v) is 10.7. The van der Waals surface area contributed by atoms with Crippen LogP contribution in [0.15, 0.2) is 81.8 Å². The molecule has 6 heterocycles. The summed E-state index contributed by atoms with van der Waals surface area (Å²) in [6.07, 6.45) is 7.15. The van der Waals surface area contributed by atoms with E-state index in [2.05, 4.69) is 55.4 Å². The second kappa shape index (κ2) is 12.3. The molecule has 2 N–H and O–H groups in total. The highest BCUT2D eigenvalue weighted by Crippen LogP contribution is 2.30. The highest BCUT2D eigenvalue weighted by atomic mass is 32.2. The number of ether oxygens (including phenoxy) is 1. The van der Waals surface area contributed by atoms with Crippen molar-refractivity contribution in [2.45, 2.75) is 36.1 Å². The minimum absolute atomic E-state index is 0.178. The van der Waals surface area contributed by atoms with Crippen molar-refractivity contribution in [2.75, 3.05) is 49.6 Å². The number of piperazine rings is 1. The number of rotatable bonds is 7. The molecule has 0 aliphatic carbocycles. The summed E-state index contributed by atoms with van der Waals surface area (Å²) in [5.74, 6) is 4.41. The number of aryl methyl sites for hydroxylation is 2. The first-order chi connectivity index (χ1) is 22.3. The molecule has 2 saturated heterocycles. The van der Waals surface area contributed by atoms with Gasteiger partial charge in [0.15, 0.2) is 0 Å². The number of nitrogens with zero attached hydrogens (tertiary/aromatic N) is 6. The van der Waals surface area contributed by atoms with E-state index in [-0.39, 0.29) is 11.6 Å². The second-order valence-electron chi connectivity index (χ2n) is 11.8. The van der Waals surface area contributed by atoms with E-state index in [1.165, 1.54) is 11.3 Å². The lowest BCUT2D eigenvalue weighted by atomic mass is 10.1. The van der Waals surface area contributed by atoms with Crippen molar-refractivity contribution in [3.63, 3.8) is 0 Å². The molecule has 1 aromatic carbocycles. The average molecular weight is 637 g/mol. The van der Waals surface area contributed by atoms with Crippen LogP contribution in [0.5, 0.6) is 0 Å². The summed E-state index contributed by atoms with van der Waals surface area (Å²) in [7, 11) is -2.80. The molecule has 5 aromatic rings. The molecule has 0 radical (unpaired) electrons. The van der Waals surface area contributed by atoms with Gasteiger partial charge in [0.05, 0.1) is 28.8 Å². The fourth-order valence-corrected chi connectivity index (χ4v) is 7.67. The standard InChI is InChI=1S/C34H36N8O3S/c1-22-16-25(4-5-30(22)41-13-11-36-12-14-41)39-34-38-19-24-18-29(33(43)42(32(24)40-34)26-8-15-45-21-26)31-23(2)17-28(20-37-31)46(3,44)27-6-9-35-10-7-27/h4-7,9-10,16-20,26,36H,3,8,11-15,21H2,1-2H3,(H,38,39,40). The van der Waals surface area contributed by atoms with Crippen molar-refractivity contribution < 1.29 is 8.95 Å². The molecule has 236 valence electrons. The molecule has 12 heteroatoms. The molecule has 0 amide bonds. The molecule has 4 aromatic heterocycles. The Labute approximate surface area is 267 Å². The highest BCUT2D eigenvalue weighted by molar-refractivity contribution is 8.00. The fraction of sp³-hybridized carbons (Fsp3) is 0.294. The molecule has 0 spiro atoms. The number of hydrogen-bond acceptors (Lipinski definition) is 10. The Morgan fingerprint density at radius 3 is 2.52 bits per heavy atom. The topological polar surface area (TPSA) is 127 Å². The van der Waals surface area contributed by atoms with Crippen LogP contribution in [0, 0.1) is 13.8 Å². The first-order valence-electron chi connectivity index (χ1n) is 15.4. The molecular weight excluding hydrogens is 600 g/mol.